The highest BCUT2D eigenvalue weighted by molar-refractivity contribution is 6.30. The number of aromatic nitrogens is 6. The fourth-order valence-corrected chi connectivity index (χ4v) is 7.29. The Morgan fingerprint density at radius 3 is 2.40 bits per heavy atom. The van der Waals surface area contributed by atoms with Gasteiger partial charge >= 0.3 is 0 Å². The molecular formula is C26H26ClN7O. The van der Waals surface area contributed by atoms with Crippen molar-refractivity contribution in [3.8, 4) is 11.5 Å². The Balaban J connectivity index is 1.25. The van der Waals surface area contributed by atoms with Crippen molar-refractivity contribution in [1.82, 2.24) is 29.5 Å². The van der Waals surface area contributed by atoms with Crippen molar-refractivity contribution >= 4 is 34.4 Å². The van der Waals surface area contributed by atoms with Crippen LogP contribution in [0.2, 0.25) is 5.02 Å². The summed E-state index contributed by atoms with van der Waals surface area (Å²) in [4.78, 5) is 22.7. The van der Waals surface area contributed by atoms with Gasteiger partial charge in [0.1, 0.15) is 12.1 Å². The zero-order valence-electron chi connectivity index (χ0n) is 19.5. The monoisotopic (exact) mass is 487 g/mol. The number of nitrogens with zero attached hydrogens (tertiary/aromatic N) is 6. The minimum atomic E-state index is -0.238. The lowest BCUT2D eigenvalue weighted by Crippen LogP contribution is -2.51. The van der Waals surface area contributed by atoms with Crippen LogP contribution >= 0.6 is 11.6 Å². The van der Waals surface area contributed by atoms with Crippen LogP contribution in [0.4, 0.5) is 5.82 Å². The molecule has 8 nitrogen and oxygen atoms in total. The van der Waals surface area contributed by atoms with Gasteiger partial charge in [0, 0.05) is 11.1 Å². The highest BCUT2D eigenvalue weighted by Gasteiger charge is 2.54. The second kappa shape index (κ2) is 7.62. The van der Waals surface area contributed by atoms with Gasteiger partial charge in [0.15, 0.2) is 11.5 Å². The van der Waals surface area contributed by atoms with E-state index in [2.05, 4.69) is 25.5 Å². The second-order valence-electron chi connectivity index (χ2n) is 10.7. The number of rotatable bonds is 4. The first-order chi connectivity index (χ1) is 17.0. The van der Waals surface area contributed by atoms with Crippen molar-refractivity contribution in [2.75, 3.05) is 5.32 Å². The van der Waals surface area contributed by atoms with Crippen LogP contribution in [0.15, 0.2) is 42.9 Å². The fourth-order valence-electron chi connectivity index (χ4n) is 7.16. The number of nitrogens with one attached hydrogen (secondary N) is 1. The predicted molar refractivity (Wildman–Crippen MR) is 133 cm³/mol. The molecule has 3 heterocycles. The molecule has 0 spiro atoms. The highest BCUT2D eigenvalue weighted by atomic mass is 35.5. The first-order valence-electron chi connectivity index (χ1n) is 12.3. The standard InChI is InChI=1S/C26H26ClN7O/c1-15-6-22(31-25(35)26-10-16-7-17(11-26)9-18(8-16)12-26)34(32-15)24-21-13-30-33(23(21)28-14-29-24)20-4-2-19(27)3-5-20/h2-6,13-14,16-18H,7-12H2,1H3,(H,31,35). The maximum atomic E-state index is 13.7. The van der Waals surface area contributed by atoms with Gasteiger partial charge in [-0.25, -0.2) is 14.6 Å². The van der Waals surface area contributed by atoms with Crippen LogP contribution in [-0.2, 0) is 4.79 Å². The number of amides is 1. The molecule has 0 saturated heterocycles. The molecule has 1 amide bonds. The second-order valence-corrected chi connectivity index (χ2v) is 11.1. The molecule has 9 heteroatoms. The molecule has 4 aliphatic rings. The third-order valence-electron chi connectivity index (χ3n) is 8.21. The summed E-state index contributed by atoms with van der Waals surface area (Å²) >= 11 is 6.05. The van der Waals surface area contributed by atoms with E-state index in [0.717, 1.165) is 36.0 Å². The molecule has 1 aromatic carbocycles. The Labute approximate surface area is 207 Å². The van der Waals surface area contributed by atoms with E-state index in [-0.39, 0.29) is 11.3 Å². The SMILES string of the molecule is Cc1cc(NC(=O)C23CC4CC(CC(C4)C2)C3)n(-c2ncnc3c2cnn3-c2ccc(Cl)cc2)n1. The number of anilines is 1. The van der Waals surface area contributed by atoms with Gasteiger partial charge in [0.2, 0.25) is 5.91 Å². The van der Waals surface area contributed by atoms with E-state index >= 15 is 0 Å². The number of halogens is 1. The molecule has 4 aromatic rings. The van der Waals surface area contributed by atoms with Crippen LogP contribution in [0.1, 0.15) is 44.2 Å². The molecule has 3 aromatic heterocycles. The zero-order valence-corrected chi connectivity index (χ0v) is 20.2. The molecule has 0 radical (unpaired) electrons. The van der Waals surface area contributed by atoms with E-state index in [4.69, 9.17) is 11.6 Å². The van der Waals surface area contributed by atoms with Crippen molar-refractivity contribution in [3.63, 3.8) is 0 Å². The number of fused-ring (bicyclic) bond motifs is 1. The van der Waals surface area contributed by atoms with Crippen molar-refractivity contribution in [2.24, 2.45) is 23.2 Å². The fraction of sp³-hybridized carbons (Fsp3) is 0.423. The summed E-state index contributed by atoms with van der Waals surface area (Å²) in [6.45, 7) is 1.92. The lowest BCUT2D eigenvalue weighted by molar-refractivity contribution is -0.140. The molecule has 4 fully saturated rings. The maximum absolute atomic E-state index is 13.7. The normalized spacial score (nSPS) is 27.0. The molecule has 35 heavy (non-hydrogen) atoms. The largest absolute Gasteiger partial charge is 0.310 e. The molecule has 0 unspecified atom stereocenters. The van der Waals surface area contributed by atoms with Crippen LogP contribution < -0.4 is 5.32 Å². The van der Waals surface area contributed by atoms with Gasteiger partial charge in [-0.15, -0.1) is 0 Å². The van der Waals surface area contributed by atoms with E-state index in [0.29, 0.717) is 40.1 Å². The average molecular weight is 488 g/mol. The molecule has 8 rings (SSSR count). The minimum absolute atomic E-state index is 0.139. The van der Waals surface area contributed by atoms with Crippen molar-refractivity contribution in [1.29, 1.82) is 0 Å². The Morgan fingerprint density at radius 2 is 1.71 bits per heavy atom. The number of hydrogen-bond acceptors (Lipinski definition) is 5. The summed E-state index contributed by atoms with van der Waals surface area (Å²) in [7, 11) is 0. The number of benzene rings is 1. The summed E-state index contributed by atoms with van der Waals surface area (Å²) in [5.41, 5.74) is 2.07. The molecular weight excluding hydrogens is 462 g/mol. The zero-order chi connectivity index (χ0) is 23.7. The number of carbonyl (C=O) groups is 1. The molecule has 4 saturated carbocycles. The van der Waals surface area contributed by atoms with E-state index in [1.807, 2.05) is 37.3 Å². The molecule has 4 aliphatic carbocycles. The number of carbonyl (C=O) groups excluding carboxylic acids is 1. The summed E-state index contributed by atoms with van der Waals surface area (Å²) in [5.74, 6) is 3.49. The van der Waals surface area contributed by atoms with Gasteiger partial charge in [-0.05, 0) is 87.5 Å². The first-order valence-corrected chi connectivity index (χ1v) is 12.7. The minimum Gasteiger partial charge on any atom is -0.310 e. The number of aryl methyl sites for hydroxylation is 1. The van der Waals surface area contributed by atoms with Crippen LogP contribution in [0.25, 0.3) is 22.5 Å². The quantitative estimate of drug-likeness (QED) is 0.431. The highest BCUT2D eigenvalue weighted by Crippen LogP contribution is 2.60. The van der Waals surface area contributed by atoms with Crippen LogP contribution in [-0.4, -0.2) is 35.4 Å². The van der Waals surface area contributed by atoms with Gasteiger partial charge in [-0.2, -0.15) is 14.9 Å². The molecule has 178 valence electrons. The summed E-state index contributed by atoms with van der Waals surface area (Å²) in [6.07, 6.45) is 10.2. The van der Waals surface area contributed by atoms with Crippen molar-refractivity contribution in [3.05, 3.63) is 53.6 Å². The van der Waals surface area contributed by atoms with Crippen molar-refractivity contribution in [2.45, 2.75) is 45.4 Å². The van der Waals surface area contributed by atoms with Crippen LogP contribution in [0, 0.1) is 30.1 Å². The summed E-state index contributed by atoms with van der Waals surface area (Å²) < 4.78 is 3.46. The van der Waals surface area contributed by atoms with Gasteiger partial charge in [0.25, 0.3) is 0 Å². The molecule has 4 bridgehead atoms. The Kier molecular flexibility index (Phi) is 4.58. The van der Waals surface area contributed by atoms with E-state index < -0.39 is 0 Å². The van der Waals surface area contributed by atoms with E-state index in [9.17, 15) is 4.79 Å². The lowest BCUT2D eigenvalue weighted by atomic mass is 9.49. The first kappa shape index (κ1) is 21.1. The molecule has 1 N–H and O–H groups in total. The van der Waals surface area contributed by atoms with E-state index in [1.165, 1.54) is 25.6 Å². The molecule has 0 atom stereocenters. The maximum Gasteiger partial charge on any atom is 0.231 e. The topological polar surface area (TPSA) is 90.5 Å². The van der Waals surface area contributed by atoms with Crippen molar-refractivity contribution < 1.29 is 4.79 Å². The smallest absolute Gasteiger partial charge is 0.231 e. The third-order valence-corrected chi connectivity index (χ3v) is 8.46. The third kappa shape index (κ3) is 3.37. The lowest BCUT2D eigenvalue weighted by Gasteiger charge is -2.55. The van der Waals surface area contributed by atoms with Crippen LogP contribution in [0.5, 0.6) is 0 Å². The van der Waals surface area contributed by atoms with Gasteiger partial charge < -0.3 is 5.32 Å². The van der Waals surface area contributed by atoms with Gasteiger partial charge in [-0.1, -0.05) is 11.6 Å². The van der Waals surface area contributed by atoms with Crippen LogP contribution in [0.3, 0.4) is 0 Å². The summed E-state index contributed by atoms with van der Waals surface area (Å²) in [6, 6.07) is 9.34. The Morgan fingerprint density at radius 1 is 1.03 bits per heavy atom. The Hall–Kier alpha value is -3.26. The van der Waals surface area contributed by atoms with Gasteiger partial charge in [0.05, 0.1) is 28.4 Å². The Bertz CT molecular complexity index is 1420. The average Bonchev–Trinajstić information content (AvgIpc) is 3.42. The van der Waals surface area contributed by atoms with Gasteiger partial charge in [-0.3, -0.25) is 4.79 Å². The number of hydrogen-bond donors (Lipinski definition) is 1. The predicted octanol–water partition coefficient (Wildman–Crippen LogP) is 5.12. The van der Waals surface area contributed by atoms with E-state index in [1.54, 1.807) is 15.6 Å². The molecule has 0 aliphatic heterocycles. The summed E-state index contributed by atoms with van der Waals surface area (Å²) in [5, 5.41) is 13.9.